The van der Waals surface area contributed by atoms with E-state index in [1.165, 1.54) is 11.1 Å². The third kappa shape index (κ3) is 4.29. The highest BCUT2D eigenvalue weighted by atomic mass is 32.2. The predicted molar refractivity (Wildman–Crippen MR) is 121 cm³/mol. The molecule has 1 saturated heterocycles. The van der Waals surface area contributed by atoms with Gasteiger partial charge in [-0.05, 0) is 75.8 Å². The fraction of sp³-hybridized carbons (Fsp3) is 0.417. The molecule has 1 atom stereocenters. The number of aromatic nitrogens is 3. The van der Waals surface area contributed by atoms with Crippen molar-refractivity contribution in [1.82, 2.24) is 19.1 Å². The molecule has 0 amide bonds. The van der Waals surface area contributed by atoms with Crippen molar-refractivity contribution in [1.29, 1.82) is 0 Å². The highest BCUT2D eigenvalue weighted by molar-refractivity contribution is 7.89. The molecule has 1 aliphatic rings. The molecule has 3 aromatic rings. The number of nitrogens with zero attached hydrogens (tertiary/aromatic N) is 4. The number of hydrogen-bond donors (Lipinski definition) is 0. The van der Waals surface area contributed by atoms with Crippen molar-refractivity contribution < 1.29 is 8.42 Å². The molecule has 2 aromatic heterocycles. The Balaban J connectivity index is 1.68. The smallest absolute Gasteiger partial charge is 0.247 e. The summed E-state index contributed by atoms with van der Waals surface area (Å²) in [7, 11) is -3.64. The first-order chi connectivity index (χ1) is 14.8. The molecule has 7 heteroatoms. The molecule has 3 heterocycles. The van der Waals surface area contributed by atoms with Crippen LogP contribution >= 0.6 is 0 Å². The van der Waals surface area contributed by atoms with Crippen molar-refractivity contribution in [2.75, 3.05) is 6.54 Å². The van der Waals surface area contributed by atoms with Gasteiger partial charge in [-0.1, -0.05) is 24.3 Å². The topological polar surface area (TPSA) is 68.1 Å². The number of pyridine rings is 1. The Morgan fingerprint density at radius 1 is 1.13 bits per heavy atom. The normalized spacial score (nSPS) is 17.4. The molecular weight excluding hydrogens is 408 g/mol. The summed E-state index contributed by atoms with van der Waals surface area (Å²) in [5.41, 5.74) is 6.00. The van der Waals surface area contributed by atoms with Crippen LogP contribution in [0.5, 0.6) is 0 Å². The highest BCUT2D eigenvalue weighted by Gasteiger charge is 2.38. The molecule has 0 saturated carbocycles. The molecule has 164 valence electrons. The fourth-order valence-corrected chi connectivity index (χ4v) is 6.27. The zero-order valence-electron chi connectivity index (χ0n) is 18.7. The lowest BCUT2D eigenvalue weighted by Gasteiger charge is -2.24. The average molecular weight is 439 g/mol. The van der Waals surface area contributed by atoms with Gasteiger partial charge in [0.15, 0.2) is 0 Å². The van der Waals surface area contributed by atoms with Gasteiger partial charge in [0.25, 0.3) is 0 Å². The maximum atomic E-state index is 13.5. The van der Waals surface area contributed by atoms with E-state index in [2.05, 4.69) is 42.4 Å². The number of benzene rings is 1. The lowest BCUT2D eigenvalue weighted by atomic mass is 9.99. The fourth-order valence-electron chi connectivity index (χ4n) is 4.43. The first kappa shape index (κ1) is 21.7. The van der Waals surface area contributed by atoms with E-state index in [4.69, 9.17) is 4.98 Å². The van der Waals surface area contributed by atoms with Crippen LogP contribution in [0.2, 0.25) is 0 Å². The zero-order valence-corrected chi connectivity index (χ0v) is 19.5. The maximum absolute atomic E-state index is 13.5. The van der Waals surface area contributed by atoms with Gasteiger partial charge < -0.3 is 0 Å². The van der Waals surface area contributed by atoms with E-state index in [1.807, 2.05) is 19.9 Å². The summed E-state index contributed by atoms with van der Waals surface area (Å²) in [4.78, 5) is 5.05. The van der Waals surface area contributed by atoms with Crippen LogP contribution in [0.15, 0.2) is 47.5 Å². The molecule has 0 unspecified atom stereocenters. The van der Waals surface area contributed by atoms with Gasteiger partial charge in [-0.2, -0.15) is 9.40 Å². The summed E-state index contributed by atoms with van der Waals surface area (Å²) in [5.74, 6) is 0. The van der Waals surface area contributed by atoms with Crippen LogP contribution in [0.25, 0.3) is 0 Å². The van der Waals surface area contributed by atoms with E-state index >= 15 is 0 Å². The Bertz CT molecular complexity index is 1200. The lowest BCUT2D eigenvalue weighted by molar-refractivity contribution is 0.389. The molecule has 0 spiro atoms. The molecular formula is C24H30N4O2S. The third-order valence-corrected chi connectivity index (χ3v) is 8.06. The quantitative estimate of drug-likeness (QED) is 0.574. The monoisotopic (exact) mass is 438 g/mol. The van der Waals surface area contributed by atoms with Crippen molar-refractivity contribution in [2.45, 2.75) is 64.4 Å². The number of sulfonamides is 1. The summed E-state index contributed by atoms with van der Waals surface area (Å²) < 4.78 is 30.3. The minimum atomic E-state index is -3.64. The first-order valence-corrected chi connectivity index (χ1v) is 12.3. The van der Waals surface area contributed by atoms with Crippen LogP contribution in [0.4, 0.5) is 0 Å². The maximum Gasteiger partial charge on any atom is 0.247 e. The van der Waals surface area contributed by atoms with Crippen molar-refractivity contribution in [2.24, 2.45) is 0 Å². The van der Waals surface area contributed by atoms with Crippen molar-refractivity contribution >= 4 is 10.0 Å². The number of aryl methyl sites for hydroxylation is 4. The van der Waals surface area contributed by atoms with E-state index in [1.54, 1.807) is 22.1 Å². The first-order valence-electron chi connectivity index (χ1n) is 10.9. The molecule has 1 aliphatic heterocycles. The van der Waals surface area contributed by atoms with E-state index < -0.39 is 10.0 Å². The predicted octanol–water partition coefficient (Wildman–Crippen LogP) is 4.34. The Morgan fingerprint density at radius 3 is 2.61 bits per heavy atom. The van der Waals surface area contributed by atoms with Gasteiger partial charge in [-0.15, -0.1) is 0 Å². The van der Waals surface area contributed by atoms with E-state index in [9.17, 15) is 8.42 Å². The van der Waals surface area contributed by atoms with Gasteiger partial charge in [0.1, 0.15) is 4.90 Å². The second-order valence-electron chi connectivity index (χ2n) is 8.35. The number of rotatable bonds is 6. The third-order valence-electron chi connectivity index (χ3n) is 6.05. The average Bonchev–Trinajstić information content (AvgIpc) is 3.37. The minimum absolute atomic E-state index is 0.245. The van der Waals surface area contributed by atoms with Crippen LogP contribution in [0.3, 0.4) is 0 Å². The summed E-state index contributed by atoms with van der Waals surface area (Å²) in [6.07, 6.45) is 4.06. The molecule has 6 nitrogen and oxygen atoms in total. The second-order valence-corrected chi connectivity index (χ2v) is 10.2. The van der Waals surface area contributed by atoms with Crippen molar-refractivity contribution in [3.05, 3.63) is 76.4 Å². The Labute approximate surface area is 185 Å². The standard InChI is InChI=1S/C24H30N4O2S/c1-5-27-16-24(19(4)26-27)31(29,30)28-12-8-11-23(28)22-15-20(13-18(3)25-22)14-21-10-7-6-9-17(21)2/h6-7,9-10,13,15-16,23H,5,8,11-12,14H2,1-4H3/t23-/m1/s1. The minimum Gasteiger partial charge on any atom is -0.271 e. The SMILES string of the molecule is CCn1cc(S(=O)(=O)N2CCC[C@@H]2c2cc(Cc3ccccc3C)cc(C)n2)c(C)n1. The van der Waals surface area contributed by atoms with Crippen molar-refractivity contribution in [3.63, 3.8) is 0 Å². The lowest BCUT2D eigenvalue weighted by Crippen LogP contribution is -2.31. The molecule has 4 rings (SSSR count). The van der Waals surface area contributed by atoms with E-state index in [0.29, 0.717) is 23.7 Å². The van der Waals surface area contributed by atoms with Crippen LogP contribution in [0.1, 0.15) is 59.6 Å². The molecule has 1 aromatic carbocycles. The molecule has 0 radical (unpaired) electrons. The zero-order chi connectivity index (χ0) is 22.2. The van der Waals surface area contributed by atoms with Gasteiger partial charge in [0.2, 0.25) is 10.0 Å². The molecule has 31 heavy (non-hydrogen) atoms. The Kier molecular flexibility index (Phi) is 5.99. The van der Waals surface area contributed by atoms with E-state index in [-0.39, 0.29) is 6.04 Å². The van der Waals surface area contributed by atoms with Gasteiger partial charge in [0, 0.05) is 25.0 Å². The summed E-state index contributed by atoms with van der Waals surface area (Å²) in [6.45, 7) is 8.96. The Morgan fingerprint density at radius 2 is 1.90 bits per heavy atom. The van der Waals surface area contributed by atoms with Crippen LogP contribution in [-0.4, -0.2) is 34.0 Å². The van der Waals surface area contributed by atoms with Crippen LogP contribution in [0, 0.1) is 20.8 Å². The molecule has 0 bridgehead atoms. The second kappa shape index (κ2) is 8.55. The van der Waals surface area contributed by atoms with Gasteiger partial charge >= 0.3 is 0 Å². The van der Waals surface area contributed by atoms with Gasteiger partial charge in [0.05, 0.1) is 17.4 Å². The van der Waals surface area contributed by atoms with Crippen molar-refractivity contribution in [3.8, 4) is 0 Å². The summed E-state index contributed by atoms with van der Waals surface area (Å²) in [5, 5.41) is 4.34. The summed E-state index contributed by atoms with van der Waals surface area (Å²) >= 11 is 0. The van der Waals surface area contributed by atoms with Gasteiger partial charge in [-0.25, -0.2) is 8.42 Å². The van der Waals surface area contributed by atoms with E-state index in [0.717, 1.165) is 36.2 Å². The number of hydrogen-bond acceptors (Lipinski definition) is 4. The largest absolute Gasteiger partial charge is 0.271 e. The Hall–Kier alpha value is -2.51. The highest BCUT2D eigenvalue weighted by Crippen LogP contribution is 2.37. The molecule has 0 aliphatic carbocycles. The molecule has 0 N–H and O–H groups in total. The summed E-state index contributed by atoms with van der Waals surface area (Å²) in [6, 6.07) is 12.3. The van der Waals surface area contributed by atoms with Crippen LogP contribution < -0.4 is 0 Å². The van der Waals surface area contributed by atoms with Crippen LogP contribution in [-0.2, 0) is 23.0 Å². The molecule has 1 fully saturated rings. The van der Waals surface area contributed by atoms with Gasteiger partial charge in [-0.3, -0.25) is 9.67 Å².